The van der Waals surface area contributed by atoms with Crippen LogP contribution >= 0.6 is 0 Å². The van der Waals surface area contributed by atoms with Gasteiger partial charge < -0.3 is 19.8 Å². The smallest absolute Gasteiger partial charge is 0.334 e. The number of methoxy groups -OCH3 is 1. The van der Waals surface area contributed by atoms with Crippen molar-refractivity contribution >= 4 is 11.9 Å². The third kappa shape index (κ3) is 3.41. The predicted octanol–water partition coefficient (Wildman–Crippen LogP) is 2.59. The first-order chi connectivity index (χ1) is 11.8. The summed E-state index contributed by atoms with van der Waals surface area (Å²) < 4.78 is 19.4. The third-order valence-corrected chi connectivity index (χ3v) is 4.36. The number of hydrogen-bond acceptors (Lipinski definition) is 4. The molecule has 0 amide bonds. The number of hydrogen-bond donors (Lipinski definition) is 2. The number of allylic oxidation sites excluding steroid dienone is 2. The Hall–Kier alpha value is -2.67. The molecule has 1 aromatic carbocycles. The molecule has 1 heterocycles. The number of rotatable bonds is 6. The molecule has 0 aromatic heterocycles. The van der Waals surface area contributed by atoms with Gasteiger partial charge in [0.05, 0.1) is 23.7 Å². The Bertz CT molecular complexity index is 730. The fourth-order valence-corrected chi connectivity index (χ4v) is 3.20. The number of carboxylic acid groups (broad SMARTS) is 2. The highest BCUT2D eigenvalue weighted by Crippen LogP contribution is 2.42. The molecular formula is C18H20FNO5. The van der Waals surface area contributed by atoms with E-state index in [1.54, 1.807) is 24.8 Å². The van der Waals surface area contributed by atoms with Crippen LogP contribution in [-0.2, 0) is 14.3 Å². The highest BCUT2D eigenvalue weighted by atomic mass is 19.1. The maximum atomic E-state index is 14.3. The van der Waals surface area contributed by atoms with Gasteiger partial charge in [-0.3, -0.25) is 0 Å². The van der Waals surface area contributed by atoms with Gasteiger partial charge in [-0.1, -0.05) is 18.2 Å². The van der Waals surface area contributed by atoms with E-state index in [1.807, 2.05) is 0 Å². The fourth-order valence-electron chi connectivity index (χ4n) is 3.20. The second-order valence-electron chi connectivity index (χ2n) is 5.71. The van der Waals surface area contributed by atoms with Crippen molar-refractivity contribution in [2.75, 3.05) is 20.3 Å². The van der Waals surface area contributed by atoms with Gasteiger partial charge in [0.2, 0.25) is 0 Å². The molecule has 0 saturated carbocycles. The van der Waals surface area contributed by atoms with Crippen molar-refractivity contribution in [3.63, 3.8) is 0 Å². The fraction of sp³-hybridized carbons (Fsp3) is 0.333. The molecule has 1 aliphatic rings. The Kier molecular flexibility index (Phi) is 5.58. The average molecular weight is 349 g/mol. The second-order valence-corrected chi connectivity index (χ2v) is 5.71. The molecular weight excluding hydrogens is 329 g/mol. The Morgan fingerprint density at radius 1 is 1.12 bits per heavy atom. The van der Waals surface area contributed by atoms with Crippen LogP contribution in [-0.4, -0.2) is 47.3 Å². The van der Waals surface area contributed by atoms with Crippen molar-refractivity contribution in [3.05, 3.63) is 58.2 Å². The highest BCUT2D eigenvalue weighted by Gasteiger charge is 2.40. The van der Waals surface area contributed by atoms with Gasteiger partial charge in [0, 0.05) is 30.6 Å². The van der Waals surface area contributed by atoms with Crippen LogP contribution in [0.4, 0.5) is 4.39 Å². The highest BCUT2D eigenvalue weighted by molar-refractivity contribution is 5.98. The first-order valence-corrected chi connectivity index (χ1v) is 7.70. The maximum absolute atomic E-state index is 14.3. The van der Waals surface area contributed by atoms with Crippen LogP contribution in [0.25, 0.3) is 0 Å². The molecule has 0 aliphatic carbocycles. The van der Waals surface area contributed by atoms with Crippen LogP contribution in [0.1, 0.15) is 25.3 Å². The van der Waals surface area contributed by atoms with Gasteiger partial charge in [-0.15, -0.1) is 0 Å². The van der Waals surface area contributed by atoms with Gasteiger partial charge in [-0.2, -0.15) is 0 Å². The number of ether oxygens (including phenoxy) is 1. The number of carboxylic acids is 2. The Morgan fingerprint density at radius 2 is 1.64 bits per heavy atom. The molecule has 1 aromatic rings. The molecule has 2 N–H and O–H groups in total. The van der Waals surface area contributed by atoms with Gasteiger partial charge >= 0.3 is 11.9 Å². The minimum atomic E-state index is -1.28. The number of carbonyl (C=O) groups is 2. The van der Waals surface area contributed by atoms with E-state index in [-0.39, 0.29) is 16.7 Å². The summed E-state index contributed by atoms with van der Waals surface area (Å²) >= 11 is 0. The standard InChI is InChI=1S/C18H20FNO5/c1-10-14(17(21)22)16(12-6-4-5-7-13(12)19)15(18(23)24)11(2)20(10)8-9-25-3/h4-7,16H,8-9H2,1-3H3,(H,21,22)(H,23,24). The average Bonchev–Trinajstić information content (AvgIpc) is 2.53. The number of benzene rings is 1. The lowest BCUT2D eigenvalue weighted by Gasteiger charge is -2.37. The van der Waals surface area contributed by atoms with Crippen LogP contribution in [0, 0.1) is 5.82 Å². The van der Waals surface area contributed by atoms with Crippen molar-refractivity contribution in [1.29, 1.82) is 0 Å². The van der Waals surface area contributed by atoms with Crippen LogP contribution in [0.3, 0.4) is 0 Å². The Balaban J connectivity index is 2.74. The number of nitrogens with zero attached hydrogens (tertiary/aromatic N) is 1. The zero-order valence-electron chi connectivity index (χ0n) is 14.2. The third-order valence-electron chi connectivity index (χ3n) is 4.36. The summed E-state index contributed by atoms with van der Waals surface area (Å²) in [6.45, 7) is 3.77. The zero-order valence-corrected chi connectivity index (χ0v) is 14.2. The molecule has 0 bridgehead atoms. The van der Waals surface area contributed by atoms with E-state index in [4.69, 9.17) is 4.74 Å². The van der Waals surface area contributed by atoms with E-state index in [0.717, 1.165) is 0 Å². The topological polar surface area (TPSA) is 87.1 Å². The summed E-state index contributed by atoms with van der Waals surface area (Å²) in [7, 11) is 1.50. The summed E-state index contributed by atoms with van der Waals surface area (Å²) in [6.07, 6.45) is 0. The van der Waals surface area contributed by atoms with Crippen molar-refractivity contribution in [1.82, 2.24) is 4.90 Å². The van der Waals surface area contributed by atoms with Crippen LogP contribution in [0.15, 0.2) is 46.8 Å². The molecule has 2 rings (SSSR count). The van der Waals surface area contributed by atoms with Crippen molar-refractivity contribution in [2.24, 2.45) is 0 Å². The van der Waals surface area contributed by atoms with Crippen molar-refractivity contribution in [2.45, 2.75) is 19.8 Å². The van der Waals surface area contributed by atoms with E-state index in [1.165, 1.54) is 25.3 Å². The van der Waals surface area contributed by atoms with E-state index >= 15 is 0 Å². The molecule has 6 nitrogen and oxygen atoms in total. The molecule has 25 heavy (non-hydrogen) atoms. The van der Waals surface area contributed by atoms with Gasteiger partial charge in [0.1, 0.15) is 5.82 Å². The number of aliphatic carboxylic acids is 2. The SMILES string of the molecule is COCCN1C(C)=C(C(=O)O)C(c2ccccc2F)C(C(=O)O)=C1C. The molecule has 0 radical (unpaired) electrons. The minimum Gasteiger partial charge on any atom is -0.478 e. The first-order valence-electron chi connectivity index (χ1n) is 7.70. The molecule has 1 aliphatic heterocycles. The lowest BCUT2D eigenvalue weighted by Crippen LogP contribution is -2.36. The van der Waals surface area contributed by atoms with E-state index in [9.17, 15) is 24.2 Å². The molecule has 7 heteroatoms. The molecule has 0 spiro atoms. The van der Waals surface area contributed by atoms with Crippen LogP contribution in [0.2, 0.25) is 0 Å². The second kappa shape index (κ2) is 7.48. The number of halogens is 1. The van der Waals surface area contributed by atoms with Gasteiger partial charge in [-0.25, -0.2) is 14.0 Å². The van der Waals surface area contributed by atoms with Crippen molar-refractivity contribution < 1.29 is 28.9 Å². The summed E-state index contributed by atoms with van der Waals surface area (Å²) in [4.78, 5) is 25.4. The minimum absolute atomic E-state index is 0.0300. The van der Waals surface area contributed by atoms with Gasteiger partial charge in [0.15, 0.2) is 0 Å². The molecule has 0 atom stereocenters. The molecule has 0 unspecified atom stereocenters. The lowest BCUT2D eigenvalue weighted by atomic mass is 9.79. The first kappa shape index (κ1) is 18.7. The Labute approximate surface area is 144 Å². The summed E-state index contributed by atoms with van der Waals surface area (Å²) in [5, 5.41) is 19.4. The van der Waals surface area contributed by atoms with Crippen molar-refractivity contribution in [3.8, 4) is 0 Å². The normalized spacial score (nSPS) is 15.8. The van der Waals surface area contributed by atoms with Gasteiger partial charge in [-0.05, 0) is 19.9 Å². The lowest BCUT2D eigenvalue weighted by molar-refractivity contribution is -0.133. The van der Waals surface area contributed by atoms with E-state index in [2.05, 4.69) is 0 Å². The molecule has 0 saturated heterocycles. The zero-order chi connectivity index (χ0) is 18.7. The predicted molar refractivity (Wildman–Crippen MR) is 88.4 cm³/mol. The molecule has 0 fully saturated rings. The van der Waals surface area contributed by atoms with Gasteiger partial charge in [0.25, 0.3) is 0 Å². The quantitative estimate of drug-likeness (QED) is 0.821. The van der Waals surface area contributed by atoms with Crippen LogP contribution in [0.5, 0.6) is 0 Å². The Morgan fingerprint density at radius 3 is 2.08 bits per heavy atom. The molecule has 134 valence electrons. The maximum Gasteiger partial charge on any atom is 0.334 e. The summed E-state index contributed by atoms with van der Waals surface area (Å²) in [5.41, 5.74) is 0.483. The van der Waals surface area contributed by atoms with E-state index in [0.29, 0.717) is 24.5 Å². The summed E-state index contributed by atoms with van der Waals surface area (Å²) in [6, 6.07) is 5.63. The van der Waals surface area contributed by atoms with Crippen LogP contribution < -0.4 is 0 Å². The van der Waals surface area contributed by atoms with E-state index < -0.39 is 23.7 Å². The largest absolute Gasteiger partial charge is 0.478 e. The monoisotopic (exact) mass is 349 g/mol. The summed E-state index contributed by atoms with van der Waals surface area (Å²) in [5.74, 6) is -4.38.